The van der Waals surface area contributed by atoms with Crippen LogP contribution in [0.3, 0.4) is 0 Å². The van der Waals surface area contributed by atoms with Gasteiger partial charge < -0.3 is 19.4 Å². The van der Waals surface area contributed by atoms with E-state index in [0.29, 0.717) is 29.9 Å². The molecule has 0 bridgehead atoms. The van der Waals surface area contributed by atoms with Gasteiger partial charge in [-0.1, -0.05) is 30.3 Å². The van der Waals surface area contributed by atoms with Crippen molar-refractivity contribution in [3.8, 4) is 5.75 Å². The number of carbonyl (C=O) groups excluding carboxylic acids is 2. The highest BCUT2D eigenvalue weighted by molar-refractivity contribution is 5.96. The van der Waals surface area contributed by atoms with Crippen molar-refractivity contribution in [1.82, 2.24) is 24.6 Å². The Balaban J connectivity index is 1.42. The summed E-state index contributed by atoms with van der Waals surface area (Å²) in [6, 6.07) is 12.4. The molecule has 2 atom stereocenters. The first-order chi connectivity index (χ1) is 18.7. The molecule has 0 radical (unpaired) electrons. The van der Waals surface area contributed by atoms with E-state index in [1.54, 1.807) is 27.8 Å². The van der Waals surface area contributed by atoms with E-state index >= 15 is 0 Å². The van der Waals surface area contributed by atoms with Crippen LogP contribution < -0.4 is 10.1 Å². The fourth-order valence-corrected chi connectivity index (χ4v) is 5.02. The molecule has 202 valence electrons. The zero-order valence-electron chi connectivity index (χ0n) is 21.3. The first kappa shape index (κ1) is 26.2. The Kier molecular flexibility index (Phi) is 6.98. The summed E-state index contributed by atoms with van der Waals surface area (Å²) < 4.78 is 47.8. The quantitative estimate of drug-likeness (QED) is 0.405. The fraction of sp³-hybridized carbons (Fsp3) is 0.286. The standard InChI is InChI=1S/C28H26F3N5O3/c1-17-14-33-25-23(39-2)13-19(15-36(17)25)27(38)35-12-10-22(20(16-35)18-7-4-3-5-8-18)34-26(37)24-21(28(29,30)31)9-6-11-32-24/h3-9,11,13-15,20,22H,10,12,16H2,1-2H3,(H,34,37)/t20-,22-/m1/s1. The van der Waals surface area contributed by atoms with Crippen molar-refractivity contribution in [3.05, 3.63) is 95.2 Å². The molecule has 3 aromatic heterocycles. The Hall–Kier alpha value is -4.41. The first-order valence-electron chi connectivity index (χ1n) is 12.4. The van der Waals surface area contributed by atoms with E-state index in [2.05, 4.69) is 15.3 Å². The Morgan fingerprint density at radius 1 is 1.10 bits per heavy atom. The number of imidazole rings is 1. The second kappa shape index (κ2) is 10.4. The number of hydrogen-bond donors (Lipinski definition) is 1. The molecule has 1 saturated heterocycles. The number of aromatic nitrogens is 3. The summed E-state index contributed by atoms with van der Waals surface area (Å²) in [6.45, 7) is 2.43. The number of ether oxygens (including phenoxy) is 1. The van der Waals surface area contributed by atoms with Crippen molar-refractivity contribution in [3.63, 3.8) is 0 Å². The number of fused-ring (bicyclic) bond motifs is 1. The van der Waals surface area contributed by atoms with Gasteiger partial charge in [0.05, 0.1) is 18.2 Å². The van der Waals surface area contributed by atoms with Gasteiger partial charge in [-0.15, -0.1) is 0 Å². The summed E-state index contributed by atoms with van der Waals surface area (Å²) in [5, 5.41) is 2.77. The van der Waals surface area contributed by atoms with Crippen LogP contribution in [0.25, 0.3) is 5.65 Å². The predicted molar refractivity (Wildman–Crippen MR) is 137 cm³/mol. The number of alkyl halides is 3. The summed E-state index contributed by atoms with van der Waals surface area (Å²) in [5.41, 5.74) is 0.947. The van der Waals surface area contributed by atoms with Gasteiger partial charge in [-0.25, -0.2) is 4.98 Å². The second-order valence-electron chi connectivity index (χ2n) is 9.42. The number of pyridine rings is 2. The second-order valence-corrected chi connectivity index (χ2v) is 9.42. The van der Waals surface area contributed by atoms with Gasteiger partial charge in [0.25, 0.3) is 11.8 Å². The Morgan fingerprint density at radius 3 is 2.59 bits per heavy atom. The maximum absolute atomic E-state index is 13.6. The van der Waals surface area contributed by atoms with Crippen LogP contribution in [0.1, 0.15) is 50.0 Å². The number of piperidine rings is 1. The van der Waals surface area contributed by atoms with Gasteiger partial charge in [0, 0.05) is 49.3 Å². The van der Waals surface area contributed by atoms with E-state index in [0.717, 1.165) is 29.6 Å². The van der Waals surface area contributed by atoms with E-state index in [1.807, 2.05) is 37.3 Å². The van der Waals surface area contributed by atoms with Gasteiger partial charge in [-0.3, -0.25) is 14.6 Å². The lowest BCUT2D eigenvalue weighted by Crippen LogP contribution is -2.51. The molecule has 1 aromatic carbocycles. The summed E-state index contributed by atoms with van der Waals surface area (Å²) in [4.78, 5) is 36.4. The molecule has 4 aromatic rings. The van der Waals surface area contributed by atoms with Crippen LogP contribution in [0.5, 0.6) is 5.75 Å². The lowest BCUT2D eigenvalue weighted by molar-refractivity contribution is -0.138. The number of aryl methyl sites for hydroxylation is 1. The molecule has 1 fully saturated rings. The highest BCUT2D eigenvalue weighted by Crippen LogP contribution is 2.33. The number of halogens is 3. The van der Waals surface area contributed by atoms with Crippen molar-refractivity contribution in [2.45, 2.75) is 31.5 Å². The third kappa shape index (κ3) is 5.16. The average Bonchev–Trinajstić information content (AvgIpc) is 3.32. The van der Waals surface area contributed by atoms with Crippen LogP contribution in [0.4, 0.5) is 13.2 Å². The normalized spacial score (nSPS) is 17.7. The van der Waals surface area contributed by atoms with E-state index in [1.165, 1.54) is 7.11 Å². The summed E-state index contributed by atoms with van der Waals surface area (Å²) in [5.74, 6) is -1.02. The summed E-state index contributed by atoms with van der Waals surface area (Å²) >= 11 is 0. The van der Waals surface area contributed by atoms with Crippen molar-refractivity contribution in [1.29, 1.82) is 0 Å². The molecule has 39 heavy (non-hydrogen) atoms. The molecule has 11 heteroatoms. The Morgan fingerprint density at radius 2 is 1.87 bits per heavy atom. The molecule has 4 heterocycles. The van der Waals surface area contributed by atoms with Gasteiger partial charge in [-0.2, -0.15) is 13.2 Å². The van der Waals surface area contributed by atoms with Crippen molar-refractivity contribution < 1.29 is 27.5 Å². The van der Waals surface area contributed by atoms with E-state index in [-0.39, 0.29) is 18.4 Å². The van der Waals surface area contributed by atoms with Crippen LogP contribution in [0.15, 0.2) is 67.1 Å². The lowest BCUT2D eigenvalue weighted by Gasteiger charge is -2.39. The van der Waals surface area contributed by atoms with Crippen molar-refractivity contribution in [2.75, 3.05) is 20.2 Å². The number of nitrogens with zero attached hydrogens (tertiary/aromatic N) is 4. The smallest absolute Gasteiger partial charge is 0.418 e. The van der Waals surface area contributed by atoms with E-state index < -0.39 is 29.4 Å². The third-order valence-corrected chi connectivity index (χ3v) is 7.00. The molecule has 0 aliphatic carbocycles. The molecule has 0 saturated carbocycles. The molecular formula is C28H26F3N5O3. The molecule has 0 unspecified atom stereocenters. The first-order valence-corrected chi connectivity index (χ1v) is 12.4. The van der Waals surface area contributed by atoms with Gasteiger partial charge >= 0.3 is 6.18 Å². The molecule has 0 spiro atoms. The minimum Gasteiger partial charge on any atom is -0.493 e. The molecule has 5 rings (SSSR count). The number of methoxy groups -OCH3 is 1. The van der Waals surface area contributed by atoms with E-state index in [9.17, 15) is 22.8 Å². The largest absolute Gasteiger partial charge is 0.493 e. The highest BCUT2D eigenvalue weighted by Gasteiger charge is 2.38. The molecule has 1 N–H and O–H groups in total. The Labute approximate surface area is 222 Å². The minimum atomic E-state index is -4.72. The van der Waals surface area contributed by atoms with Crippen molar-refractivity contribution >= 4 is 17.5 Å². The number of hydrogen-bond acceptors (Lipinski definition) is 5. The lowest BCUT2D eigenvalue weighted by atomic mass is 9.85. The fourth-order valence-electron chi connectivity index (χ4n) is 5.02. The maximum Gasteiger partial charge on any atom is 0.418 e. The molecule has 2 amide bonds. The van der Waals surface area contributed by atoms with Crippen molar-refractivity contribution in [2.24, 2.45) is 0 Å². The van der Waals surface area contributed by atoms with Crippen LogP contribution in [0, 0.1) is 6.92 Å². The van der Waals surface area contributed by atoms with Crippen LogP contribution >= 0.6 is 0 Å². The number of benzene rings is 1. The highest BCUT2D eigenvalue weighted by atomic mass is 19.4. The maximum atomic E-state index is 13.6. The van der Waals surface area contributed by atoms with Gasteiger partial charge in [0.15, 0.2) is 11.4 Å². The Bertz CT molecular complexity index is 1520. The topological polar surface area (TPSA) is 88.8 Å². The van der Waals surface area contributed by atoms with Crippen LogP contribution in [-0.4, -0.2) is 57.3 Å². The number of amides is 2. The summed E-state index contributed by atoms with van der Waals surface area (Å²) in [6.07, 6.45) is 0.193. The van der Waals surface area contributed by atoms with Crippen LogP contribution in [0.2, 0.25) is 0 Å². The SMILES string of the molecule is COc1cc(C(=O)N2CC[C@@H](NC(=O)c3ncccc3C(F)(F)F)[C@@H](c3ccccc3)C2)cn2c(C)cnc12. The number of carbonyl (C=O) groups is 2. The zero-order chi connectivity index (χ0) is 27.7. The minimum absolute atomic E-state index is 0.224. The van der Waals surface area contributed by atoms with Crippen LogP contribution in [-0.2, 0) is 6.18 Å². The molecule has 1 aliphatic heterocycles. The summed E-state index contributed by atoms with van der Waals surface area (Å²) in [7, 11) is 1.51. The average molecular weight is 538 g/mol. The number of nitrogens with one attached hydrogen (secondary N) is 1. The number of rotatable bonds is 5. The molecular weight excluding hydrogens is 511 g/mol. The molecule has 8 nitrogen and oxygen atoms in total. The van der Waals surface area contributed by atoms with E-state index in [4.69, 9.17) is 4.74 Å². The predicted octanol–water partition coefficient (Wildman–Crippen LogP) is 4.49. The van der Waals surface area contributed by atoms with Gasteiger partial charge in [0.2, 0.25) is 0 Å². The monoisotopic (exact) mass is 537 g/mol. The zero-order valence-corrected chi connectivity index (χ0v) is 21.3. The molecule has 1 aliphatic rings. The van der Waals surface area contributed by atoms with Gasteiger partial charge in [0.1, 0.15) is 5.69 Å². The number of likely N-dealkylation sites (tertiary alicyclic amines) is 1. The van der Waals surface area contributed by atoms with Gasteiger partial charge in [-0.05, 0) is 37.1 Å². The third-order valence-electron chi connectivity index (χ3n) is 7.00.